The first-order chi connectivity index (χ1) is 9.81. The van der Waals surface area contributed by atoms with Crippen LogP contribution in [0.1, 0.15) is 25.8 Å². The fraction of sp³-hybridized carbons (Fsp3) is 0.467. The average molecular weight is 272 g/mol. The maximum absolute atomic E-state index is 5.40. The zero-order chi connectivity index (χ0) is 13.9. The molecule has 0 bridgehead atoms. The summed E-state index contributed by atoms with van der Waals surface area (Å²) in [7, 11) is 0. The van der Waals surface area contributed by atoms with E-state index in [1.54, 1.807) is 0 Å². The van der Waals surface area contributed by atoms with E-state index in [9.17, 15) is 0 Å². The number of anilines is 2. The van der Waals surface area contributed by atoms with Crippen molar-refractivity contribution in [2.75, 3.05) is 29.9 Å². The number of hydrogen-bond acceptors (Lipinski definition) is 5. The molecule has 1 aliphatic rings. The van der Waals surface area contributed by atoms with Crippen LogP contribution in [0.15, 0.2) is 22.7 Å². The number of hydrogen-bond donors (Lipinski definition) is 1. The number of benzene rings is 1. The number of fused-ring (bicyclic) bond motifs is 1. The molecule has 0 saturated carbocycles. The number of rotatable bonds is 4. The van der Waals surface area contributed by atoms with Gasteiger partial charge < -0.3 is 14.7 Å². The minimum Gasteiger partial charge on any atom is -0.385 e. The maximum Gasteiger partial charge on any atom is 0.266 e. The first kappa shape index (κ1) is 13.0. The van der Waals surface area contributed by atoms with E-state index >= 15 is 0 Å². The zero-order valence-corrected chi connectivity index (χ0v) is 12.0. The molecule has 0 unspecified atom stereocenters. The van der Waals surface area contributed by atoms with Crippen LogP contribution >= 0.6 is 0 Å². The number of nitrogens with one attached hydrogen (secondary N) is 1. The fourth-order valence-corrected chi connectivity index (χ4v) is 2.58. The summed E-state index contributed by atoms with van der Waals surface area (Å²) >= 11 is 0. The molecule has 1 N–H and O–H groups in total. The van der Waals surface area contributed by atoms with E-state index in [0.717, 1.165) is 31.6 Å². The third kappa shape index (κ3) is 2.35. The molecule has 2 heterocycles. The third-order valence-corrected chi connectivity index (χ3v) is 3.75. The van der Waals surface area contributed by atoms with E-state index in [-0.39, 0.29) is 0 Å². The lowest BCUT2D eigenvalue weighted by Crippen LogP contribution is -2.22. The monoisotopic (exact) mass is 272 g/mol. The van der Waals surface area contributed by atoms with E-state index in [0.29, 0.717) is 11.8 Å². The Morgan fingerprint density at radius 2 is 2.15 bits per heavy atom. The summed E-state index contributed by atoms with van der Waals surface area (Å²) in [6.45, 7) is 6.99. The van der Waals surface area contributed by atoms with Gasteiger partial charge in [0, 0.05) is 30.9 Å². The van der Waals surface area contributed by atoms with Crippen LogP contribution in [0.25, 0.3) is 11.5 Å². The second-order valence-electron chi connectivity index (χ2n) is 4.97. The van der Waals surface area contributed by atoms with Crippen molar-refractivity contribution in [1.29, 1.82) is 0 Å². The second kappa shape index (κ2) is 5.53. The highest BCUT2D eigenvalue weighted by Gasteiger charge is 2.15. The minimum absolute atomic E-state index is 0.597. The topological polar surface area (TPSA) is 54.2 Å². The number of aryl methyl sites for hydroxylation is 1. The summed E-state index contributed by atoms with van der Waals surface area (Å²) in [4.78, 5) is 6.58. The summed E-state index contributed by atoms with van der Waals surface area (Å²) in [6.07, 6.45) is 2.28. The molecule has 0 spiro atoms. The Balaban J connectivity index is 1.89. The lowest BCUT2D eigenvalue weighted by Gasteiger charge is -2.17. The highest BCUT2D eigenvalue weighted by Crippen LogP contribution is 2.28. The van der Waals surface area contributed by atoms with Gasteiger partial charge in [0.05, 0.1) is 0 Å². The van der Waals surface area contributed by atoms with E-state index in [2.05, 4.69) is 46.3 Å². The summed E-state index contributed by atoms with van der Waals surface area (Å²) in [5.41, 5.74) is 3.55. The smallest absolute Gasteiger partial charge is 0.266 e. The molecule has 3 rings (SSSR count). The Morgan fingerprint density at radius 1 is 1.30 bits per heavy atom. The number of nitrogens with zero attached hydrogens (tertiary/aromatic N) is 3. The molecule has 5 heteroatoms. The second-order valence-corrected chi connectivity index (χ2v) is 4.97. The molecular formula is C15H20N4O. The Bertz CT molecular complexity index is 589. The molecule has 0 saturated heterocycles. The molecule has 20 heavy (non-hydrogen) atoms. The van der Waals surface area contributed by atoms with Crippen molar-refractivity contribution in [1.82, 2.24) is 10.1 Å². The summed E-state index contributed by atoms with van der Waals surface area (Å²) in [5.74, 6) is 1.26. The first-order valence-corrected chi connectivity index (χ1v) is 7.27. The van der Waals surface area contributed by atoms with Crippen LogP contribution in [0, 0.1) is 0 Å². The van der Waals surface area contributed by atoms with E-state index in [4.69, 9.17) is 4.52 Å². The molecule has 5 nitrogen and oxygen atoms in total. The predicted octanol–water partition coefficient (Wildman–Crippen LogP) is 2.94. The molecule has 0 fully saturated rings. The van der Waals surface area contributed by atoms with Crippen molar-refractivity contribution in [3.05, 3.63) is 23.8 Å². The van der Waals surface area contributed by atoms with Crippen LogP contribution in [0.5, 0.6) is 0 Å². The first-order valence-electron chi connectivity index (χ1n) is 7.27. The van der Waals surface area contributed by atoms with Gasteiger partial charge >= 0.3 is 0 Å². The van der Waals surface area contributed by atoms with Crippen LogP contribution in [-0.2, 0) is 6.42 Å². The highest BCUT2D eigenvalue weighted by molar-refractivity contribution is 5.64. The van der Waals surface area contributed by atoms with E-state index < -0.39 is 0 Å². The van der Waals surface area contributed by atoms with Gasteiger partial charge in [0.1, 0.15) is 0 Å². The molecule has 1 aliphatic heterocycles. The Morgan fingerprint density at radius 3 is 2.95 bits per heavy atom. The van der Waals surface area contributed by atoms with Crippen LogP contribution in [0.2, 0.25) is 0 Å². The van der Waals surface area contributed by atoms with Crippen molar-refractivity contribution in [3.63, 3.8) is 0 Å². The van der Waals surface area contributed by atoms with E-state index in [1.165, 1.54) is 17.7 Å². The minimum atomic E-state index is 0.597. The molecule has 1 aromatic carbocycles. The normalized spacial score (nSPS) is 13.7. The van der Waals surface area contributed by atoms with Crippen molar-refractivity contribution in [3.8, 4) is 11.5 Å². The predicted molar refractivity (Wildman–Crippen MR) is 80.1 cm³/mol. The zero-order valence-electron chi connectivity index (χ0n) is 12.0. The molecule has 106 valence electrons. The number of aromatic nitrogens is 2. The fourth-order valence-electron chi connectivity index (χ4n) is 2.58. The van der Waals surface area contributed by atoms with Crippen molar-refractivity contribution < 1.29 is 4.52 Å². The van der Waals surface area contributed by atoms with Gasteiger partial charge in [-0.2, -0.15) is 4.98 Å². The van der Waals surface area contributed by atoms with Gasteiger partial charge in [-0.15, -0.1) is 0 Å². The molecule has 0 amide bonds. The standard InChI is InChI=1S/C15H20N4O/c1-3-19(4-2)15-17-14(20-18-15)12-7-8-13-11(10-12)6-5-9-16-13/h7-8,10,16H,3-6,9H2,1-2H3. The molecule has 0 radical (unpaired) electrons. The highest BCUT2D eigenvalue weighted by atomic mass is 16.5. The van der Waals surface area contributed by atoms with E-state index in [1.807, 2.05) is 6.07 Å². The van der Waals surface area contributed by atoms with Gasteiger partial charge in [-0.1, -0.05) is 0 Å². The molecule has 2 aromatic rings. The Kier molecular flexibility index (Phi) is 3.58. The molecular weight excluding hydrogens is 252 g/mol. The van der Waals surface area contributed by atoms with Crippen LogP contribution < -0.4 is 10.2 Å². The summed E-state index contributed by atoms with van der Waals surface area (Å²) in [5, 5.41) is 7.48. The lowest BCUT2D eigenvalue weighted by atomic mass is 10.0. The van der Waals surface area contributed by atoms with Gasteiger partial charge in [-0.3, -0.25) is 0 Å². The maximum atomic E-state index is 5.40. The Hall–Kier alpha value is -2.04. The quantitative estimate of drug-likeness (QED) is 0.927. The van der Waals surface area contributed by atoms with Gasteiger partial charge in [-0.25, -0.2) is 0 Å². The van der Waals surface area contributed by atoms with Gasteiger partial charge in [0.25, 0.3) is 11.8 Å². The Labute approximate surface area is 119 Å². The van der Waals surface area contributed by atoms with Crippen LogP contribution in [-0.4, -0.2) is 29.8 Å². The molecule has 1 aromatic heterocycles. The average Bonchev–Trinajstić information content (AvgIpc) is 2.98. The summed E-state index contributed by atoms with van der Waals surface area (Å²) in [6, 6.07) is 6.29. The van der Waals surface area contributed by atoms with Crippen molar-refractivity contribution in [2.45, 2.75) is 26.7 Å². The van der Waals surface area contributed by atoms with Crippen molar-refractivity contribution >= 4 is 11.6 Å². The molecule has 0 atom stereocenters. The van der Waals surface area contributed by atoms with Gasteiger partial charge in [0.15, 0.2) is 0 Å². The largest absolute Gasteiger partial charge is 0.385 e. The SMILES string of the molecule is CCN(CC)c1noc(-c2ccc3c(c2)CCCN3)n1. The van der Waals surface area contributed by atoms with Crippen LogP contribution in [0.4, 0.5) is 11.6 Å². The third-order valence-electron chi connectivity index (χ3n) is 3.75. The molecule has 0 aliphatic carbocycles. The van der Waals surface area contributed by atoms with Crippen LogP contribution in [0.3, 0.4) is 0 Å². The van der Waals surface area contributed by atoms with Gasteiger partial charge in [0.2, 0.25) is 0 Å². The van der Waals surface area contributed by atoms with Crippen molar-refractivity contribution in [2.24, 2.45) is 0 Å². The summed E-state index contributed by atoms with van der Waals surface area (Å²) < 4.78 is 5.40. The van der Waals surface area contributed by atoms with Gasteiger partial charge in [-0.05, 0) is 55.6 Å². The lowest BCUT2D eigenvalue weighted by molar-refractivity contribution is 0.429.